The minimum absolute atomic E-state index is 0.216. The topological polar surface area (TPSA) is 37.0 Å². The van der Waals surface area contributed by atoms with Gasteiger partial charge in [-0.2, -0.15) is 0 Å². The van der Waals surface area contributed by atoms with Gasteiger partial charge in [-0.3, -0.25) is 4.98 Å². The number of nitrogens with one attached hydrogen (secondary N) is 2. The van der Waals surface area contributed by atoms with Crippen LogP contribution < -0.4 is 10.6 Å². The number of aromatic nitrogens is 1. The molecule has 0 aliphatic carbocycles. The quantitative estimate of drug-likeness (QED) is 0.837. The predicted molar refractivity (Wildman–Crippen MR) is 87.8 cm³/mol. The summed E-state index contributed by atoms with van der Waals surface area (Å²) in [5, 5.41) is 7.14. The Balaban J connectivity index is 2.04. The molecule has 0 spiro atoms. The van der Waals surface area contributed by atoms with E-state index in [2.05, 4.69) is 53.7 Å². The summed E-state index contributed by atoms with van der Waals surface area (Å²) < 4.78 is 0. The van der Waals surface area contributed by atoms with Gasteiger partial charge in [-0.1, -0.05) is 31.2 Å². The smallest absolute Gasteiger partial charge is 0.171 e. The van der Waals surface area contributed by atoms with Crippen LogP contribution in [0.15, 0.2) is 48.8 Å². The van der Waals surface area contributed by atoms with Gasteiger partial charge in [-0.25, -0.2) is 0 Å². The first-order chi connectivity index (χ1) is 9.70. The number of nitrogens with zero attached hydrogens (tertiary/aromatic N) is 1. The minimum atomic E-state index is 0.216. The van der Waals surface area contributed by atoms with E-state index in [0.717, 1.165) is 12.1 Å². The molecule has 3 nitrogen and oxygen atoms in total. The lowest BCUT2D eigenvalue weighted by molar-refractivity contribution is 0.625. The molecule has 0 aliphatic heterocycles. The van der Waals surface area contributed by atoms with E-state index in [0.29, 0.717) is 5.11 Å². The average Bonchev–Trinajstić information content (AvgIpc) is 2.46. The largest absolute Gasteiger partial charge is 0.356 e. The Morgan fingerprint density at radius 2 is 2.05 bits per heavy atom. The molecule has 1 heterocycles. The highest BCUT2D eigenvalue weighted by molar-refractivity contribution is 7.80. The summed E-state index contributed by atoms with van der Waals surface area (Å²) in [6.07, 6.45) is 4.46. The molecular formula is C16H19N3S. The molecule has 104 valence electrons. The Hall–Kier alpha value is -1.94. The highest BCUT2D eigenvalue weighted by Crippen LogP contribution is 2.20. The number of anilines is 1. The fourth-order valence-electron chi connectivity index (χ4n) is 2.14. The maximum absolute atomic E-state index is 5.37. The van der Waals surface area contributed by atoms with Gasteiger partial charge in [0, 0.05) is 6.20 Å². The fraction of sp³-hybridized carbons (Fsp3) is 0.250. The second-order valence-corrected chi connectivity index (χ2v) is 5.07. The number of aryl methyl sites for hydroxylation is 1. The van der Waals surface area contributed by atoms with Crippen LogP contribution in [0.5, 0.6) is 0 Å². The van der Waals surface area contributed by atoms with Crippen molar-refractivity contribution >= 4 is 23.0 Å². The summed E-state index contributed by atoms with van der Waals surface area (Å²) in [6.45, 7) is 4.27. The number of hydrogen-bond donors (Lipinski definition) is 2. The van der Waals surface area contributed by atoms with Crippen LogP contribution in [-0.4, -0.2) is 10.1 Å². The zero-order valence-corrected chi connectivity index (χ0v) is 12.6. The lowest BCUT2D eigenvalue weighted by atomic mass is 10.00. The number of hydrogen-bond acceptors (Lipinski definition) is 2. The lowest BCUT2D eigenvalue weighted by Gasteiger charge is -2.21. The summed E-state index contributed by atoms with van der Waals surface area (Å²) in [4.78, 5) is 4.06. The van der Waals surface area contributed by atoms with E-state index >= 15 is 0 Å². The Morgan fingerprint density at radius 1 is 1.25 bits per heavy atom. The molecule has 0 saturated heterocycles. The minimum Gasteiger partial charge on any atom is -0.356 e. The average molecular weight is 285 g/mol. The van der Waals surface area contributed by atoms with Crippen molar-refractivity contribution in [3.63, 3.8) is 0 Å². The van der Waals surface area contributed by atoms with Crippen LogP contribution >= 0.6 is 12.2 Å². The van der Waals surface area contributed by atoms with Gasteiger partial charge in [0.2, 0.25) is 0 Å². The first kappa shape index (κ1) is 14.5. The van der Waals surface area contributed by atoms with Crippen molar-refractivity contribution < 1.29 is 0 Å². The van der Waals surface area contributed by atoms with Crippen molar-refractivity contribution in [2.24, 2.45) is 0 Å². The van der Waals surface area contributed by atoms with Gasteiger partial charge in [0.1, 0.15) is 0 Å². The number of pyridine rings is 1. The molecular weight excluding hydrogens is 266 g/mol. The SMILES string of the molecule is CC[C@@H](NC(=S)Nc1cccnc1)c1ccccc1C. The molecule has 2 N–H and O–H groups in total. The molecule has 2 aromatic rings. The van der Waals surface area contributed by atoms with Gasteiger partial charge in [-0.15, -0.1) is 0 Å². The summed E-state index contributed by atoms with van der Waals surface area (Å²) in [6, 6.07) is 12.4. The molecule has 1 aromatic heterocycles. The van der Waals surface area contributed by atoms with Crippen molar-refractivity contribution in [1.82, 2.24) is 10.3 Å². The lowest BCUT2D eigenvalue weighted by Crippen LogP contribution is -2.32. The number of thiocarbonyl (C=S) groups is 1. The van der Waals surface area contributed by atoms with E-state index in [1.54, 1.807) is 12.4 Å². The second kappa shape index (κ2) is 7.01. The van der Waals surface area contributed by atoms with Gasteiger partial charge >= 0.3 is 0 Å². The van der Waals surface area contributed by atoms with Gasteiger partial charge in [-0.05, 0) is 48.8 Å². The van der Waals surface area contributed by atoms with Crippen LogP contribution in [0.2, 0.25) is 0 Å². The highest BCUT2D eigenvalue weighted by atomic mass is 32.1. The summed E-state index contributed by atoms with van der Waals surface area (Å²) >= 11 is 5.37. The van der Waals surface area contributed by atoms with Gasteiger partial charge < -0.3 is 10.6 Å². The van der Waals surface area contributed by atoms with E-state index in [1.807, 2.05) is 12.1 Å². The van der Waals surface area contributed by atoms with Crippen molar-refractivity contribution in [2.75, 3.05) is 5.32 Å². The Bertz CT molecular complexity index is 569. The molecule has 0 fully saturated rings. The molecule has 0 saturated carbocycles. The van der Waals surface area contributed by atoms with Crippen LogP contribution in [0.1, 0.15) is 30.5 Å². The first-order valence-corrected chi connectivity index (χ1v) is 7.14. The standard InChI is InChI=1S/C16H19N3S/c1-3-15(14-9-5-4-7-12(14)2)19-16(20)18-13-8-6-10-17-11-13/h4-11,15H,3H2,1-2H3,(H2,18,19,20)/t15-/m1/s1. The van der Waals surface area contributed by atoms with Gasteiger partial charge in [0.15, 0.2) is 5.11 Å². The van der Waals surface area contributed by atoms with Crippen molar-refractivity contribution in [3.8, 4) is 0 Å². The maximum Gasteiger partial charge on any atom is 0.171 e. The maximum atomic E-state index is 5.37. The Labute approximate surface area is 125 Å². The van der Waals surface area contributed by atoms with Crippen molar-refractivity contribution in [1.29, 1.82) is 0 Å². The van der Waals surface area contributed by atoms with Gasteiger partial charge in [0.05, 0.1) is 17.9 Å². The molecule has 0 radical (unpaired) electrons. The van der Waals surface area contributed by atoms with Crippen LogP contribution in [0.3, 0.4) is 0 Å². The predicted octanol–water partition coefficient (Wildman–Crippen LogP) is 3.83. The molecule has 1 aromatic carbocycles. The summed E-state index contributed by atoms with van der Waals surface area (Å²) in [5.41, 5.74) is 3.45. The Kier molecular flexibility index (Phi) is 5.07. The zero-order valence-electron chi connectivity index (χ0n) is 11.8. The van der Waals surface area contributed by atoms with Crippen molar-refractivity contribution in [2.45, 2.75) is 26.3 Å². The Morgan fingerprint density at radius 3 is 2.70 bits per heavy atom. The summed E-state index contributed by atoms with van der Waals surface area (Å²) in [7, 11) is 0. The third-order valence-corrected chi connectivity index (χ3v) is 3.42. The molecule has 0 unspecified atom stereocenters. The van der Waals surface area contributed by atoms with Crippen LogP contribution in [0.25, 0.3) is 0 Å². The number of benzene rings is 1. The third-order valence-electron chi connectivity index (χ3n) is 3.20. The van der Waals surface area contributed by atoms with E-state index in [1.165, 1.54) is 11.1 Å². The monoisotopic (exact) mass is 285 g/mol. The van der Waals surface area contributed by atoms with E-state index in [9.17, 15) is 0 Å². The molecule has 0 amide bonds. The molecule has 20 heavy (non-hydrogen) atoms. The van der Waals surface area contributed by atoms with E-state index in [-0.39, 0.29) is 6.04 Å². The fourth-order valence-corrected chi connectivity index (χ4v) is 2.40. The second-order valence-electron chi connectivity index (χ2n) is 4.66. The van der Waals surface area contributed by atoms with E-state index < -0.39 is 0 Å². The molecule has 4 heteroatoms. The van der Waals surface area contributed by atoms with Crippen LogP contribution in [-0.2, 0) is 0 Å². The normalized spacial score (nSPS) is 11.7. The summed E-state index contributed by atoms with van der Waals surface area (Å²) in [5.74, 6) is 0. The number of rotatable bonds is 4. The van der Waals surface area contributed by atoms with Crippen LogP contribution in [0.4, 0.5) is 5.69 Å². The highest BCUT2D eigenvalue weighted by Gasteiger charge is 2.12. The molecule has 0 bridgehead atoms. The van der Waals surface area contributed by atoms with Gasteiger partial charge in [0.25, 0.3) is 0 Å². The third kappa shape index (κ3) is 3.78. The van der Waals surface area contributed by atoms with E-state index in [4.69, 9.17) is 12.2 Å². The first-order valence-electron chi connectivity index (χ1n) is 6.73. The molecule has 2 rings (SSSR count). The molecule has 1 atom stereocenters. The van der Waals surface area contributed by atoms with Crippen LogP contribution in [0, 0.1) is 6.92 Å². The molecule has 0 aliphatic rings. The van der Waals surface area contributed by atoms with Crippen molar-refractivity contribution in [3.05, 3.63) is 59.9 Å². The zero-order chi connectivity index (χ0) is 14.4.